The van der Waals surface area contributed by atoms with Gasteiger partial charge in [0.05, 0.1) is 11.6 Å². The first-order valence-electron chi connectivity index (χ1n) is 7.15. The molecule has 4 nitrogen and oxygen atoms in total. The number of hydrogen-bond donors (Lipinski definition) is 2. The Morgan fingerprint density at radius 1 is 1.55 bits per heavy atom. The van der Waals surface area contributed by atoms with E-state index in [1.165, 1.54) is 6.07 Å². The highest BCUT2D eigenvalue weighted by atomic mass is 19.1. The molecule has 2 rings (SSSR count). The molecule has 0 aliphatic carbocycles. The molecule has 0 bridgehead atoms. The molecule has 20 heavy (non-hydrogen) atoms. The molecule has 0 aromatic heterocycles. The maximum Gasteiger partial charge on any atom is 0.222 e. The van der Waals surface area contributed by atoms with Crippen LogP contribution in [0.25, 0.3) is 0 Å². The van der Waals surface area contributed by atoms with Crippen molar-refractivity contribution in [3.05, 3.63) is 29.6 Å². The highest BCUT2D eigenvalue weighted by Crippen LogP contribution is 2.29. The van der Waals surface area contributed by atoms with E-state index in [1.807, 2.05) is 17.9 Å². The maximum absolute atomic E-state index is 14.2. The van der Waals surface area contributed by atoms with Gasteiger partial charge in [-0.3, -0.25) is 4.79 Å². The van der Waals surface area contributed by atoms with Crippen LogP contribution in [0.2, 0.25) is 0 Å². The van der Waals surface area contributed by atoms with Crippen molar-refractivity contribution >= 4 is 11.6 Å². The Morgan fingerprint density at radius 2 is 2.35 bits per heavy atom. The Morgan fingerprint density at radius 3 is 3.05 bits per heavy atom. The first-order valence-corrected chi connectivity index (χ1v) is 7.15. The average Bonchev–Trinajstić information content (AvgIpc) is 2.45. The summed E-state index contributed by atoms with van der Waals surface area (Å²) in [6.45, 7) is 4.75. The Hall–Kier alpha value is -1.62. The van der Waals surface area contributed by atoms with Crippen LogP contribution in [0.3, 0.4) is 0 Å². The second-order valence-electron chi connectivity index (χ2n) is 5.22. The first-order chi connectivity index (χ1) is 9.63. The highest BCUT2D eigenvalue weighted by molar-refractivity contribution is 5.77. The number of nitrogens with one attached hydrogen (secondary N) is 1. The summed E-state index contributed by atoms with van der Waals surface area (Å²) < 4.78 is 14.2. The van der Waals surface area contributed by atoms with Gasteiger partial charge in [-0.15, -0.1) is 0 Å². The van der Waals surface area contributed by atoms with Gasteiger partial charge in [0.15, 0.2) is 0 Å². The van der Waals surface area contributed by atoms with Crippen molar-refractivity contribution in [3.8, 4) is 0 Å². The Kier molecular flexibility index (Phi) is 4.95. The van der Waals surface area contributed by atoms with Crippen LogP contribution in [0.4, 0.5) is 10.1 Å². The molecule has 1 atom stereocenters. The molecule has 1 aromatic rings. The monoisotopic (exact) mass is 279 g/mol. The van der Waals surface area contributed by atoms with E-state index in [4.69, 9.17) is 5.73 Å². The van der Waals surface area contributed by atoms with E-state index in [0.717, 1.165) is 31.5 Å². The molecule has 1 unspecified atom stereocenters. The van der Waals surface area contributed by atoms with Crippen molar-refractivity contribution in [2.45, 2.75) is 26.3 Å². The maximum atomic E-state index is 14.2. The summed E-state index contributed by atoms with van der Waals surface area (Å²) in [5.41, 5.74) is 6.93. The number of amides is 1. The number of para-hydroxylation sites is 1. The molecular formula is C15H22FN3O. The first kappa shape index (κ1) is 14.8. The number of anilines is 1. The molecule has 0 spiro atoms. The van der Waals surface area contributed by atoms with Gasteiger partial charge in [0.25, 0.3) is 0 Å². The van der Waals surface area contributed by atoms with Crippen LogP contribution in [0.1, 0.15) is 25.3 Å². The van der Waals surface area contributed by atoms with E-state index in [0.29, 0.717) is 18.8 Å². The quantitative estimate of drug-likeness (QED) is 0.861. The summed E-state index contributed by atoms with van der Waals surface area (Å²) in [6.07, 6.45) is 1.66. The third-order valence-electron chi connectivity index (χ3n) is 3.78. The fraction of sp³-hybridized carbons (Fsp3) is 0.533. The molecule has 1 saturated heterocycles. The van der Waals surface area contributed by atoms with Gasteiger partial charge in [-0.2, -0.15) is 0 Å². The number of nitrogens with two attached hydrogens (primary N) is 1. The number of benzene rings is 1. The fourth-order valence-corrected chi connectivity index (χ4v) is 2.73. The van der Waals surface area contributed by atoms with Crippen molar-refractivity contribution in [1.29, 1.82) is 0 Å². The summed E-state index contributed by atoms with van der Waals surface area (Å²) in [6, 6.07) is 5.12. The van der Waals surface area contributed by atoms with Gasteiger partial charge in [-0.25, -0.2) is 4.39 Å². The van der Waals surface area contributed by atoms with Crippen LogP contribution in [-0.2, 0) is 11.3 Å². The van der Waals surface area contributed by atoms with Gasteiger partial charge >= 0.3 is 0 Å². The summed E-state index contributed by atoms with van der Waals surface area (Å²) in [4.78, 5) is 13.3. The number of primary amides is 1. The summed E-state index contributed by atoms with van der Waals surface area (Å²) in [7, 11) is 0. The smallest absolute Gasteiger partial charge is 0.222 e. The van der Waals surface area contributed by atoms with Gasteiger partial charge in [0.2, 0.25) is 5.91 Å². The predicted molar refractivity (Wildman–Crippen MR) is 77.9 cm³/mol. The standard InChI is InChI=1S/C15H22FN3O/c1-2-18-9-11-5-3-7-13(16)14(11)19-8-4-6-12(10-19)15(17)20/h3,5,7,12,18H,2,4,6,8-10H2,1H3,(H2,17,20). The number of halogens is 1. The third-order valence-corrected chi connectivity index (χ3v) is 3.78. The highest BCUT2D eigenvalue weighted by Gasteiger charge is 2.26. The summed E-state index contributed by atoms with van der Waals surface area (Å²) >= 11 is 0. The number of carbonyl (C=O) groups is 1. The van der Waals surface area contributed by atoms with Gasteiger partial charge in [0.1, 0.15) is 5.82 Å². The van der Waals surface area contributed by atoms with E-state index in [-0.39, 0.29) is 17.6 Å². The minimum absolute atomic E-state index is 0.185. The molecule has 1 aliphatic rings. The molecule has 1 amide bonds. The number of nitrogens with zero attached hydrogens (tertiary/aromatic N) is 1. The van der Waals surface area contributed by atoms with Gasteiger partial charge in [0, 0.05) is 19.6 Å². The van der Waals surface area contributed by atoms with Crippen LogP contribution in [0.5, 0.6) is 0 Å². The number of carbonyl (C=O) groups excluding carboxylic acids is 1. The molecule has 1 aliphatic heterocycles. The molecule has 3 N–H and O–H groups in total. The summed E-state index contributed by atoms with van der Waals surface area (Å²) in [5, 5.41) is 3.22. The molecule has 0 radical (unpaired) electrons. The Balaban J connectivity index is 2.24. The largest absolute Gasteiger partial charge is 0.369 e. The van der Waals surface area contributed by atoms with Crippen molar-refractivity contribution in [3.63, 3.8) is 0 Å². The van der Waals surface area contributed by atoms with Crippen LogP contribution in [0, 0.1) is 11.7 Å². The lowest BCUT2D eigenvalue weighted by atomic mass is 9.96. The van der Waals surface area contributed by atoms with Gasteiger partial charge in [-0.05, 0) is 31.0 Å². The SMILES string of the molecule is CCNCc1cccc(F)c1N1CCCC(C(N)=O)C1. The molecule has 1 aromatic carbocycles. The normalized spacial score (nSPS) is 19.1. The number of hydrogen-bond acceptors (Lipinski definition) is 3. The summed E-state index contributed by atoms with van der Waals surface area (Å²) in [5.74, 6) is -0.708. The molecule has 1 fully saturated rings. The molecular weight excluding hydrogens is 257 g/mol. The minimum atomic E-state index is -0.292. The van der Waals surface area contributed by atoms with E-state index < -0.39 is 0 Å². The fourth-order valence-electron chi connectivity index (χ4n) is 2.73. The minimum Gasteiger partial charge on any atom is -0.369 e. The van der Waals surface area contributed by atoms with E-state index >= 15 is 0 Å². The van der Waals surface area contributed by atoms with Crippen LogP contribution in [0.15, 0.2) is 18.2 Å². The number of piperidine rings is 1. The lowest BCUT2D eigenvalue weighted by Gasteiger charge is -2.34. The Bertz CT molecular complexity index is 478. The van der Waals surface area contributed by atoms with E-state index in [2.05, 4.69) is 5.32 Å². The molecule has 1 heterocycles. The van der Waals surface area contributed by atoms with Crippen molar-refractivity contribution in [2.75, 3.05) is 24.5 Å². The van der Waals surface area contributed by atoms with Crippen molar-refractivity contribution in [2.24, 2.45) is 11.7 Å². The average molecular weight is 279 g/mol. The molecule has 110 valence electrons. The molecule has 0 saturated carbocycles. The van der Waals surface area contributed by atoms with Crippen molar-refractivity contribution < 1.29 is 9.18 Å². The zero-order chi connectivity index (χ0) is 14.5. The van der Waals surface area contributed by atoms with Crippen LogP contribution in [-0.4, -0.2) is 25.5 Å². The second-order valence-corrected chi connectivity index (χ2v) is 5.22. The van der Waals surface area contributed by atoms with Crippen molar-refractivity contribution in [1.82, 2.24) is 5.32 Å². The van der Waals surface area contributed by atoms with Gasteiger partial charge in [-0.1, -0.05) is 19.1 Å². The topological polar surface area (TPSA) is 58.4 Å². The Labute approximate surface area is 119 Å². The third kappa shape index (κ3) is 3.28. The zero-order valence-electron chi connectivity index (χ0n) is 11.9. The van der Waals surface area contributed by atoms with E-state index in [1.54, 1.807) is 6.07 Å². The van der Waals surface area contributed by atoms with Crippen LogP contribution < -0.4 is 16.0 Å². The van der Waals surface area contributed by atoms with E-state index in [9.17, 15) is 9.18 Å². The second kappa shape index (κ2) is 6.70. The lowest BCUT2D eigenvalue weighted by Crippen LogP contribution is -2.42. The van der Waals surface area contributed by atoms with Crippen LogP contribution >= 0.6 is 0 Å². The van der Waals surface area contributed by atoms with Gasteiger partial charge < -0.3 is 16.0 Å². The molecule has 5 heteroatoms. The predicted octanol–water partition coefficient (Wildman–Crippen LogP) is 1.64. The number of rotatable bonds is 5. The lowest BCUT2D eigenvalue weighted by molar-refractivity contribution is -0.122. The zero-order valence-corrected chi connectivity index (χ0v) is 11.9.